The topological polar surface area (TPSA) is 132 Å². The number of amides is 3. The third kappa shape index (κ3) is 6.59. The molecule has 1 fully saturated rings. The summed E-state index contributed by atoms with van der Waals surface area (Å²) in [5.41, 5.74) is 7.13. The first-order valence-electron chi connectivity index (χ1n) is 11.3. The van der Waals surface area contributed by atoms with Crippen LogP contribution in [-0.2, 0) is 20.9 Å². The number of carbonyl (C=O) groups is 3. The van der Waals surface area contributed by atoms with Gasteiger partial charge in [-0.25, -0.2) is 9.78 Å². The van der Waals surface area contributed by atoms with Crippen molar-refractivity contribution >= 4 is 34.9 Å². The van der Waals surface area contributed by atoms with Crippen LogP contribution in [0.25, 0.3) is 11.0 Å². The van der Waals surface area contributed by atoms with E-state index in [4.69, 9.17) is 10.5 Å². The molecule has 2 aromatic rings. The molecule has 1 aromatic heterocycles. The number of benzene rings is 1. The van der Waals surface area contributed by atoms with Crippen molar-refractivity contribution in [1.29, 1.82) is 0 Å². The monoisotopic (exact) mass is 458 g/mol. The number of nitrogen functional groups attached to an aromatic ring is 1. The number of aryl methyl sites for hydroxylation is 1. The number of likely N-dealkylation sites (tertiary alicyclic amines) is 1. The molecule has 10 nitrogen and oxygen atoms in total. The van der Waals surface area contributed by atoms with Crippen molar-refractivity contribution in [2.24, 2.45) is 0 Å². The molecule has 1 saturated heterocycles. The molecule has 1 aliphatic rings. The summed E-state index contributed by atoms with van der Waals surface area (Å²) in [6.45, 7) is 8.45. The lowest BCUT2D eigenvalue weighted by atomic mass is 10.1. The van der Waals surface area contributed by atoms with E-state index in [1.165, 1.54) is 6.92 Å². The van der Waals surface area contributed by atoms with Crippen LogP contribution in [0.4, 0.5) is 10.7 Å². The maximum atomic E-state index is 13.0. The Morgan fingerprint density at radius 2 is 2.00 bits per heavy atom. The van der Waals surface area contributed by atoms with Crippen LogP contribution in [-0.4, -0.2) is 63.1 Å². The van der Waals surface area contributed by atoms with E-state index in [-0.39, 0.29) is 17.9 Å². The van der Waals surface area contributed by atoms with Crippen molar-refractivity contribution in [3.05, 3.63) is 24.3 Å². The van der Waals surface area contributed by atoms with Gasteiger partial charge >= 0.3 is 6.09 Å². The average molecular weight is 459 g/mol. The van der Waals surface area contributed by atoms with Gasteiger partial charge in [-0.15, -0.1) is 0 Å². The van der Waals surface area contributed by atoms with Gasteiger partial charge in [-0.2, -0.15) is 0 Å². The van der Waals surface area contributed by atoms with E-state index in [9.17, 15) is 14.4 Å². The molecule has 1 aliphatic heterocycles. The lowest BCUT2D eigenvalue weighted by molar-refractivity contribution is -0.128. The molecule has 0 bridgehead atoms. The molecule has 3 amide bonds. The number of alkyl carbamates (subject to hydrolysis) is 1. The van der Waals surface area contributed by atoms with Gasteiger partial charge in [-0.05, 0) is 52.2 Å². The average Bonchev–Trinajstić information content (AvgIpc) is 3.30. The van der Waals surface area contributed by atoms with Gasteiger partial charge in [0.1, 0.15) is 11.6 Å². The Bertz CT molecular complexity index is 1010. The van der Waals surface area contributed by atoms with Gasteiger partial charge in [0.2, 0.25) is 17.8 Å². The second-order valence-electron chi connectivity index (χ2n) is 9.41. The van der Waals surface area contributed by atoms with E-state index in [2.05, 4.69) is 15.6 Å². The van der Waals surface area contributed by atoms with Gasteiger partial charge in [0.25, 0.3) is 0 Å². The van der Waals surface area contributed by atoms with Crippen molar-refractivity contribution in [2.75, 3.05) is 18.8 Å². The highest BCUT2D eigenvalue weighted by Crippen LogP contribution is 2.19. The van der Waals surface area contributed by atoms with E-state index in [0.717, 1.165) is 11.0 Å². The highest BCUT2D eigenvalue weighted by molar-refractivity contribution is 5.86. The number of hydrogen-bond donors (Lipinski definition) is 3. The van der Waals surface area contributed by atoms with Crippen molar-refractivity contribution in [3.63, 3.8) is 0 Å². The summed E-state index contributed by atoms with van der Waals surface area (Å²) in [6, 6.07) is 6.75. The number of nitrogens with two attached hydrogens (primary N) is 1. The minimum absolute atomic E-state index is 0.0136. The number of rotatable bonds is 7. The smallest absolute Gasteiger partial charge is 0.408 e. The minimum Gasteiger partial charge on any atom is -0.444 e. The van der Waals surface area contributed by atoms with Crippen LogP contribution in [0, 0.1) is 0 Å². The van der Waals surface area contributed by atoms with Crippen LogP contribution in [0.3, 0.4) is 0 Å². The lowest BCUT2D eigenvalue weighted by Crippen LogP contribution is -2.51. The highest BCUT2D eigenvalue weighted by Gasteiger charge is 2.29. The summed E-state index contributed by atoms with van der Waals surface area (Å²) in [5, 5.41) is 5.67. The van der Waals surface area contributed by atoms with Gasteiger partial charge in [-0.3, -0.25) is 9.59 Å². The number of nitrogens with one attached hydrogen (secondary N) is 2. The fraction of sp³-hybridized carbons (Fsp3) is 0.565. The van der Waals surface area contributed by atoms with Gasteiger partial charge in [0.05, 0.1) is 11.0 Å². The Labute approximate surface area is 193 Å². The number of imidazole rings is 1. The Hall–Kier alpha value is -3.30. The first kappa shape index (κ1) is 24.3. The predicted octanol–water partition coefficient (Wildman–Crippen LogP) is 2.03. The molecule has 0 unspecified atom stereocenters. The third-order valence-corrected chi connectivity index (χ3v) is 5.55. The summed E-state index contributed by atoms with van der Waals surface area (Å²) < 4.78 is 7.25. The zero-order valence-electron chi connectivity index (χ0n) is 19.8. The molecule has 2 atom stereocenters. The summed E-state index contributed by atoms with van der Waals surface area (Å²) >= 11 is 0. The van der Waals surface area contributed by atoms with Crippen LogP contribution >= 0.6 is 0 Å². The van der Waals surface area contributed by atoms with Crippen LogP contribution in [0.15, 0.2) is 24.3 Å². The molecule has 33 heavy (non-hydrogen) atoms. The van der Waals surface area contributed by atoms with Crippen LogP contribution in [0.1, 0.15) is 47.0 Å². The molecule has 0 spiro atoms. The number of hydrogen-bond acceptors (Lipinski definition) is 6. The summed E-state index contributed by atoms with van der Waals surface area (Å²) in [7, 11) is 0. The molecular weight excluding hydrogens is 424 g/mol. The molecule has 180 valence electrons. The molecular formula is C23H34N6O4. The van der Waals surface area contributed by atoms with Crippen LogP contribution < -0.4 is 16.4 Å². The highest BCUT2D eigenvalue weighted by atomic mass is 16.6. The Balaban J connectivity index is 1.64. The summed E-state index contributed by atoms with van der Waals surface area (Å²) in [5.74, 6) is 0.104. The van der Waals surface area contributed by atoms with Gasteiger partial charge < -0.3 is 30.6 Å². The van der Waals surface area contributed by atoms with E-state index in [1.54, 1.807) is 25.7 Å². The van der Waals surface area contributed by atoms with Crippen LogP contribution in [0.2, 0.25) is 0 Å². The van der Waals surface area contributed by atoms with Crippen molar-refractivity contribution in [1.82, 2.24) is 25.1 Å². The van der Waals surface area contributed by atoms with E-state index in [0.29, 0.717) is 44.8 Å². The molecule has 4 N–H and O–H groups in total. The Morgan fingerprint density at radius 3 is 2.67 bits per heavy atom. The number of nitrogens with zero attached hydrogens (tertiary/aromatic N) is 3. The number of carbonyl (C=O) groups excluding carboxylic acids is 3. The van der Waals surface area contributed by atoms with E-state index >= 15 is 0 Å². The molecule has 0 radical (unpaired) electrons. The quantitative estimate of drug-likeness (QED) is 0.582. The lowest BCUT2D eigenvalue weighted by Gasteiger charge is -2.24. The molecule has 0 saturated carbocycles. The molecule has 10 heteroatoms. The minimum atomic E-state index is -0.776. The van der Waals surface area contributed by atoms with Gasteiger partial charge in [0.15, 0.2) is 0 Å². The summed E-state index contributed by atoms with van der Waals surface area (Å²) in [4.78, 5) is 43.0. The third-order valence-electron chi connectivity index (χ3n) is 5.55. The number of ether oxygens (including phenoxy) is 1. The molecule has 0 aliphatic carbocycles. The van der Waals surface area contributed by atoms with E-state index < -0.39 is 17.7 Å². The Morgan fingerprint density at radius 1 is 1.27 bits per heavy atom. The number of para-hydroxylation sites is 2. The maximum Gasteiger partial charge on any atom is 0.408 e. The fourth-order valence-corrected chi connectivity index (χ4v) is 3.97. The van der Waals surface area contributed by atoms with E-state index in [1.807, 2.05) is 28.8 Å². The van der Waals surface area contributed by atoms with Crippen molar-refractivity contribution in [3.8, 4) is 0 Å². The number of anilines is 1. The zero-order valence-corrected chi connectivity index (χ0v) is 19.8. The fourth-order valence-electron chi connectivity index (χ4n) is 3.97. The molecule has 1 aromatic carbocycles. The van der Waals surface area contributed by atoms with Gasteiger partial charge in [0, 0.05) is 32.6 Å². The Kier molecular flexibility index (Phi) is 7.45. The second-order valence-corrected chi connectivity index (χ2v) is 9.41. The SMILES string of the molecule is CC(=O)N1CC[C@@H](NC(=O)[C@H](CCCn2c(N)nc3ccccc32)NC(=O)OC(C)(C)C)C1. The second kappa shape index (κ2) is 10.1. The first-order valence-corrected chi connectivity index (χ1v) is 11.3. The largest absolute Gasteiger partial charge is 0.444 e. The first-order chi connectivity index (χ1) is 15.5. The molecule has 2 heterocycles. The van der Waals surface area contributed by atoms with Gasteiger partial charge in [-0.1, -0.05) is 12.1 Å². The zero-order chi connectivity index (χ0) is 24.2. The summed E-state index contributed by atoms with van der Waals surface area (Å²) in [6.07, 6.45) is 1.01. The predicted molar refractivity (Wildman–Crippen MR) is 125 cm³/mol. The van der Waals surface area contributed by atoms with Crippen molar-refractivity contribution in [2.45, 2.75) is 71.2 Å². The number of fused-ring (bicyclic) bond motifs is 1. The van der Waals surface area contributed by atoms with Crippen LogP contribution in [0.5, 0.6) is 0 Å². The maximum absolute atomic E-state index is 13.0. The standard InChI is InChI=1S/C23H34N6O4/c1-15(30)28-13-11-16(14-28)25-20(31)18(27-22(32)33-23(2,3)4)9-7-12-29-19-10-6-5-8-17(19)26-21(29)24/h5-6,8,10,16,18H,7,9,11-14H2,1-4H3,(H2,24,26)(H,25,31)(H,27,32)/t16-,18+/m1/s1. The van der Waals surface area contributed by atoms with Crippen molar-refractivity contribution < 1.29 is 19.1 Å². The molecule has 3 rings (SSSR count). The number of aromatic nitrogens is 2. The normalized spacial score (nSPS) is 17.1.